The number of rotatable bonds is 6. The summed E-state index contributed by atoms with van der Waals surface area (Å²) in [5.74, 6) is 1.33. The van der Waals surface area contributed by atoms with Crippen molar-refractivity contribution in [2.45, 2.75) is 29.8 Å². The fraction of sp³-hybridized carbons (Fsp3) is 0.385. The number of nitrogens with one attached hydrogen (secondary N) is 1. The number of nitrogen functional groups attached to an aromatic ring is 1. The molecule has 1 fully saturated rings. The highest BCUT2D eigenvalue weighted by Crippen LogP contribution is 2.37. The minimum Gasteiger partial charge on any atom is -0.496 e. The average molecular weight is 304 g/mol. The Labute approximate surface area is 126 Å². The molecule has 0 aliphatic heterocycles. The van der Waals surface area contributed by atoms with Crippen LogP contribution in [0.4, 0.5) is 0 Å². The molecule has 0 bridgehead atoms. The summed E-state index contributed by atoms with van der Waals surface area (Å²) in [7, 11) is 1.57. The van der Waals surface area contributed by atoms with Crippen LogP contribution in [0.5, 0.6) is 5.75 Å². The number of ether oxygens (including phenoxy) is 1. The number of aromatic nitrogens is 4. The summed E-state index contributed by atoms with van der Waals surface area (Å²) in [6.07, 6.45) is 2.30. The van der Waals surface area contributed by atoms with Gasteiger partial charge < -0.3 is 10.5 Å². The summed E-state index contributed by atoms with van der Waals surface area (Å²) in [6.45, 7) is 0. The quantitative estimate of drug-likeness (QED) is 0.477. The summed E-state index contributed by atoms with van der Waals surface area (Å²) < 4.78 is 7.10. The molecule has 1 aliphatic rings. The Morgan fingerprint density at radius 1 is 1.52 bits per heavy atom. The number of benzene rings is 1. The van der Waals surface area contributed by atoms with Crippen molar-refractivity contribution in [1.29, 1.82) is 5.41 Å². The average Bonchev–Trinajstić information content (AvgIpc) is 3.23. The van der Waals surface area contributed by atoms with Gasteiger partial charge in [0.1, 0.15) is 11.6 Å². The molecule has 0 saturated heterocycles. The molecule has 0 unspecified atom stereocenters. The first kappa shape index (κ1) is 13.9. The predicted octanol–water partition coefficient (Wildman–Crippen LogP) is 1.59. The first-order valence-electron chi connectivity index (χ1n) is 6.61. The van der Waals surface area contributed by atoms with Gasteiger partial charge >= 0.3 is 0 Å². The molecule has 3 rings (SSSR count). The molecule has 1 aromatic carbocycles. The first-order chi connectivity index (χ1) is 10.2. The van der Waals surface area contributed by atoms with E-state index in [9.17, 15) is 0 Å². The van der Waals surface area contributed by atoms with E-state index in [1.54, 1.807) is 18.9 Å². The lowest BCUT2D eigenvalue weighted by Gasteiger charge is -2.09. The van der Waals surface area contributed by atoms with Gasteiger partial charge in [-0.25, -0.2) is 4.68 Å². The molecule has 110 valence electrons. The third-order valence-corrected chi connectivity index (χ3v) is 4.28. The van der Waals surface area contributed by atoms with Crippen LogP contribution >= 0.6 is 11.8 Å². The largest absolute Gasteiger partial charge is 0.496 e. The Morgan fingerprint density at radius 2 is 2.33 bits per heavy atom. The van der Waals surface area contributed by atoms with E-state index in [1.807, 2.05) is 22.9 Å². The van der Waals surface area contributed by atoms with E-state index in [4.69, 9.17) is 15.9 Å². The van der Waals surface area contributed by atoms with E-state index < -0.39 is 0 Å². The van der Waals surface area contributed by atoms with Crippen LogP contribution in [-0.4, -0.2) is 33.2 Å². The summed E-state index contributed by atoms with van der Waals surface area (Å²) in [5.41, 5.74) is 7.24. The number of thioether (sulfide) groups is 1. The van der Waals surface area contributed by atoms with Gasteiger partial charge in [0.2, 0.25) is 5.16 Å². The second-order valence-corrected chi connectivity index (χ2v) is 5.82. The topological polar surface area (TPSA) is 103 Å². The first-order valence-corrected chi connectivity index (χ1v) is 7.59. The minimum absolute atomic E-state index is 0.00140. The maximum atomic E-state index is 7.60. The summed E-state index contributed by atoms with van der Waals surface area (Å²) in [4.78, 5) is 0. The molecule has 7 nitrogen and oxygen atoms in total. The SMILES string of the molecule is COc1ccc(CSc2nnnn2C2CC2)cc1C(=N)N. The predicted molar refractivity (Wildman–Crippen MR) is 79.7 cm³/mol. The van der Waals surface area contributed by atoms with Gasteiger partial charge in [-0.1, -0.05) is 17.8 Å². The van der Waals surface area contributed by atoms with Crippen LogP contribution in [0, 0.1) is 5.41 Å². The molecule has 0 amide bonds. The van der Waals surface area contributed by atoms with Crippen LogP contribution in [0.2, 0.25) is 0 Å². The monoisotopic (exact) mass is 304 g/mol. The van der Waals surface area contributed by atoms with Gasteiger partial charge in [-0.05, 0) is 41.0 Å². The van der Waals surface area contributed by atoms with Crippen LogP contribution in [0.3, 0.4) is 0 Å². The standard InChI is InChI=1S/C13H16N6OS/c1-20-11-5-2-8(6-10(11)12(14)15)7-21-13-16-17-18-19(13)9-3-4-9/h2,5-6,9H,3-4,7H2,1H3,(H3,14,15). The van der Waals surface area contributed by atoms with Crippen molar-refractivity contribution in [3.8, 4) is 5.75 Å². The summed E-state index contributed by atoms with van der Waals surface area (Å²) >= 11 is 1.58. The molecule has 2 aromatic rings. The highest BCUT2D eigenvalue weighted by atomic mass is 32.2. The molecule has 8 heteroatoms. The molecular weight excluding hydrogens is 288 g/mol. The third kappa shape index (κ3) is 2.99. The van der Waals surface area contributed by atoms with E-state index in [2.05, 4.69) is 15.5 Å². The van der Waals surface area contributed by atoms with Crippen LogP contribution in [0.25, 0.3) is 0 Å². The highest BCUT2D eigenvalue weighted by molar-refractivity contribution is 7.98. The molecule has 21 heavy (non-hydrogen) atoms. The smallest absolute Gasteiger partial charge is 0.209 e. The van der Waals surface area contributed by atoms with E-state index in [-0.39, 0.29) is 5.84 Å². The Kier molecular flexibility index (Phi) is 3.78. The van der Waals surface area contributed by atoms with Crippen LogP contribution < -0.4 is 10.5 Å². The lowest BCUT2D eigenvalue weighted by atomic mass is 10.1. The molecule has 1 aromatic heterocycles. The van der Waals surface area contributed by atoms with Crippen molar-refractivity contribution in [1.82, 2.24) is 20.2 Å². The third-order valence-electron chi connectivity index (χ3n) is 3.28. The van der Waals surface area contributed by atoms with Gasteiger partial charge in [-0.15, -0.1) is 5.10 Å². The van der Waals surface area contributed by atoms with E-state index in [1.165, 1.54) is 0 Å². The minimum atomic E-state index is 0.00140. The summed E-state index contributed by atoms with van der Waals surface area (Å²) in [5, 5.41) is 20.3. The summed E-state index contributed by atoms with van der Waals surface area (Å²) in [6, 6.07) is 6.13. The van der Waals surface area contributed by atoms with Crippen LogP contribution in [0.1, 0.15) is 30.0 Å². The van der Waals surface area contributed by atoms with Crippen molar-refractivity contribution in [2.24, 2.45) is 5.73 Å². The lowest BCUT2D eigenvalue weighted by molar-refractivity contribution is 0.413. The number of methoxy groups -OCH3 is 1. The van der Waals surface area contributed by atoms with Crippen molar-refractivity contribution < 1.29 is 4.74 Å². The molecular formula is C13H16N6OS. The zero-order valence-electron chi connectivity index (χ0n) is 11.6. The zero-order chi connectivity index (χ0) is 14.8. The Morgan fingerprint density at radius 3 is 3.00 bits per heavy atom. The van der Waals surface area contributed by atoms with Gasteiger partial charge in [0.25, 0.3) is 0 Å². The van der Waals surface area contributed by atoms with E-state index >= 15 is 0 Å². The van der Waals surface area contributed by atoms with E-state index in [0.29, 0.717) is 17.4 Å². The molecule has 1 heterocycles. The van der Waals surface area contributed by atoms with Crippen molar-refractivity contribution in [3.05, 3.63) is 29.3 Å². The molecule has 0 atom stereocenters. The zero-order valence-corrected chi connectivity index (χ0v) is 12.4. The molecule has 1 saturated carbocycles. The van der Waals surface area contributed by atoms with Gasteiger partial charge in [0, 0.05) is 5.75 Å². The Hall–Kier alpha value is -2.09. The maximum absolute atomic E-state index is 7.60. The number of tetrazole rings is 1. The van der Waals surface area contributed by atoms with Crippen molar-refractivity contribution >= 4 is 17.6 Å². The second-order valence-electron chi connectivity index (χ2n) is 4.87. The Balaban J connectivity index is 1.74. The van der Waals surface area contributed by atoms with Gasteiger partial charge in [0.05, 0.1) is 18.7 Å². The van der Waals surface area contributed by atoms with E-state index in [0.717, 1.165) is 29.3 Å². The number of hydrogen-bond acceptors (Lipinski definition) is 6. The van der Waals surface area contributed by atoms with Crippen molar-refractivity contribution in [3.63, 3.8) is 0 Å². The number of nitrogens with two attached hydrogens (primary N) is 1. The maximum Gasteiger partial charge on any atom is 0.209 e. The lowest BCUT2D eigenvalue weighted by Crippen LogP contribution is -2.12. The van der Waals surface area contributed by atoms with Gasteiger partial charge in [-0.3, -0.25) is 5.41 Å². The Bertz CT molecular complexity index is 666. The second kappa shape index (κ2) is 5.72. The van der Waals surface area contributed by atoms with Gasteiger partial charge in [0.15, 0.2) is 0 Å². The van der Waals surface area contributed by atoms with Gasteiger partial charge in [-0.2, -0.15) is 0 Å². The fourth-order valence-electron chi connectivity index (χ4n) is 2.03. The number of nitrogens with zero attached hydrogens (tertiary/aromatic N) is 4. The van der Waals surface area contributed by atoms with Crippen molar-refractivity contribution in [2.75, 3.05) is 7.11 Å². The highest BCUT2D eigenvalue weighted by Gasteiger charge is 2.27. The van der Waals surface area contributed by atoms with Crippen LogP contribution in [0.15, 0.2) is 23.4 Å². The molecule has 0 spiro atoms. The van der Waals surface area contributed by atoms with Crippen LogP contribution in [-0.2, 0) is 5.75 Å². The number of amidine groups is 1. The molecule has 0 radical (unpaired) electrons. The fourth-order valence-corrected chi connectivity index (χ4v) is 2.92. The number of hydrogen-bond donors (Lipinski definition) is 2. The molecule has 1 aliphatic carbocycles. The normalized spacial score (nSPS) is 14.1. The molecule has 3 N–H and O–H groups in total.